The number of nitrogens with one attached hydrogen (secondary N) is 1. The molecule has 0 aliphatic carbocycles. The number of hydrogen-bond donors (Lipinski definition) is 1. The number of anilines is 1. The van der Waals surface area contributed by atoms with Crippen molar-refractivity contribution in [2.24, 2.45) is 0 Å². The van der Waals surface area contributed by atoms with Gasteiger partial charge in [0.15, 0.2) is 0 Å². The molecule has 0 aliphatic heterocycles. The molecule has 0 spiro atoms. The largest absolute Gasteiger partial charge is 0.294 e. The van der Waals surface area contributed by atoms with Crippen molar-refractivity contribution in [1.82, 2.24) is 9.36 Å². The van der Waals surface area contributed by atoms with Gasteiger partial charge in [0.05, 0.1) is 0 Å². The van der Waals surface area contributed by atoms with Crippen LogP contribution < -0.4 is 5.32 Å². The molecule has 1 N–H and O–H groups in total. The summed E-state index contributed by atoms with van der Waals surface area (Å²) in [6.07, 6.45) is 0.265. The molecule has 1 aromatic heterocycles. The van der Waals surface area contributed by atoms with Crippen LogP contribution >= 0.6 is 23.1 Å². The van der Waals surface area contributed by atoms with E-state index in [2.05, 4.69) is 14.7 Å². The van der Waals surface area contributed by atoms with Crippen molar-refractivity contribution < 1.29 is 4.79 Å². The molecule has 0 aliphatic rings. The summed E-state index contributed by atoms with van der Waals surface area (Å²) in [6.45, 7) is 0. The van der Waals surface area contributed by atoms with Crippen molar-refractivity contribution in [3.63, 3.8) is 0 Å². The van der Waals surface area contributed by atoms with E-state index in [0.717, 1.165) is 10.6 Å². The quantitative estimate of drug-likeness (QED) is 0.867. The SMILES string of the molecule is O=C(CCCl)Nc1nsc(-c2ccccc2)n1. The van der Waals surface area contributed by atoms with E-state index in [1.165, 1.54) is 11.5 Å². The van der Waals surface area contributed by atoms with E-state index in [0.29, 0.717) is 11.8 Å². The molecule has 1 amide bonds. The Morgan fingerprint density at radius 3 is 2.82 bits per heavy atom. The molecule has 6 heteroatoms. The minimum absolute atomic E-state index is 0.169. The van der Waals surface area contributed by atoms with Crippen LogP contribution in [0.3, 0.4) is 0 Å². The van der Waals surface area contributed by atoms with Crippen molar-refractivity contribution in [3.8, 4) is 10.6 Å². The Bertz CT molecular complexity index is 500. The van der Waals surface area contributed by atoms with Gasteiger partial charge < -0.3 is 0 Å². The first-order valence-electron chi connectivity index (χ1n) is 5.04. The Morgan fingerprint density at radius 2 is 2.12 bits per heavy atom. The minimum Gasteiger partial charge on any atom is -0.294 e. The molecule has 1 aromatic carbocycles. The maximum absolute atomic E-state index is 11.3. The summed E-state index contributed by atoms with van der Waals surface area (Å²) in [6, 6.07) is 9.70. The molecule has 0 saturated heterocycles. The number of nitrogens with zero attached hydrogens (tertiary/aromatic N) is 2. The molecule has 0 fully saturated rings. The smallest absolute Gasteiger partial charge is 0.241 e. The number of amides is 1. The highest BCUT2D eigenvalue weighted by molar-refractivity contribution is 7.09. The first-order valence-corrected chi connectivity index (χ1v) is 6.35. The van der Waals surface area contributed by atoms with Crippen molar-refractivity contribution >= 4 is 35.0 Å². The lowest BCUT2D eigenvalue weighted by Crippen LogP contribution is -2.12. The highest BCUT2D eigenvalue weighted by atomic mass is 35.5. The third-order valence-corrected chi connectivity index (χ3v) is 2.97. The van der Waals surface area contributed by atoms with Crippen molar-refractivity contribution in [1.29, 1.82) is 0 Å². The summed E-state index contributed by atoms with van der Waals surface area (Å²) in [5, 5.41) is 3.38. The number of benzene rings is 1. The molecule has 88 valence electrons. The van der Waals surface area contributed by atoms with Crippen molar-refractivity contribution in [3.05, 3.63) is 30.3 Å². The van der Waals surface area contributed by atoms with E-state index in [1.807, 2.05) is 30.3 Å². The van der Waals surface area contributed by atoms with E-state index in [9.17, 15) is 4.79 Å². The van der Waals surface area contributed by atoms with E-state index in [1.54, 1.807) is 0 Å². The normalized spacial score (nSPS) is 10.2. The zero-order valence-corrected chi connectivity index (χ0v) is 10.5. The Labute approximate surface area is 108 Å². The molecule has 1 heterocycles. The zero-order valence-electron chi connectivity index (χ0n) is 8.89. The lowest BCUT2D eigenvalue weighted by atomic mass is 10.2. The van der Waals surface area contributed by atoms with E-state index in [4.69, 9.17) is 11.6 Å². The fourth-order valence-electron chi connectivity index (χ4n) is 1.25. The predicted molar refractivity (Wildman–Crippen MR) is 69.3 cm³/mol. The van der Waals surface area contributed by atoms with Gasteiger partial charge in [-0.25, -0.2) is 0 Å². The van der Waals surface area contributed by atoms with Crippen LogP contribution in [-0.2, 0) is 4.79 Å². The monoisotopic (exact) mass is 267 g/mol. The number of halogens is 1. The molecular weight excluding hydrogens is 258 g/mol. The topological polar surface area (TPSA) is 54.9 Å². The standard InChI is InChI=1S/C11H10ClN3OS/c12-7-6-9(16)13-11-14-10(17-15-11)8-4-2-1-3-5-8/h1-5H,6-7H2,(H,13,15,16). The van der Waals surface area contributed by atoms with Crippen molar-refractivity contribution in [2.45, 2.75) is 6.42 Å². The lowest BCUT2D eigenvalue weighted by Gasteiger charge is -1.96. The number of aromatic nitrogens is 2. The first-order chi connectivity index (χ1) is 8.29. The van der Waals surface area contributed by atoms with E-state index < -0.39 is 0 Å². The second kappa shape index (κ2) is 5.75. The molecule has 0 saturated carbocycles. The van der Waals surface area contributed by atoms with Crippen LogP contribution in [-0.4, -0.2) is 21.1 Å². The molecule has 0 atom stereocenters. The van der Waals surface area contributed by atoms with Gasteiger partial charge in [-0.2, -0.15) is 9.36 Å². The summed E-state index contributed by atoms with van der Waals surface area (Å²) in [7, 11) is 0. The van der Waals surface area contributed by atoms with Crippen molar-refractivity contribution in [2.75, 3.05) is 11.2 Å². The van der Waals surface area contributed by atoms with E-state index in [-0.39, 0.29) is 12.3 Å². The summed E-state index contributed by atoms with van der Waals surface area (Å²) in [4.78, 5) is 15.5. The molecule has 17 heavy (non-hydrogen) atoms. The second-order valence-corrected chi connectivity index (χ2v) is 4.41. The van der Waals surface area contributed by atoms with Gasteiger partial charge >= 0.3 is 0 Å². The highest BCUT2D eigenvalue weighted by Crippen LogP contribution is 2.22. The van der Waals surface area contributed by atoms with Crippen LogP contribution in [0.25, 0.3) is 10.6 Å². The van der Waals surface area contributed by atoms with Crippen LogP contribution in [0.15, 0.2) is 30.3 Å². The summed E-state index contributed by atoms with van der Waals surface area (Å²) in [5.41, 5.74) is 0.989. The van der Waals surface area contributed by atoms with E-state index >= 15 is 0 Å². The molecule has 4 nitrogen and oxygen atoms in total. The maximum atomic E-state index is 11.3. The molecular formula is C11H10ClN3OS. The molecule has 0 unspecified atom stereocenters. The number of carbonyl (C=O) groups is 1. The van der Waals surface area contributed by atoms with Gasteiger partial charge in [-0.05, 0) is 11.5 Å². The average Bonchev–Trinajstić information content (AvgIpc) is 2.79. The number of hydrogen-bond acceptors (Lipinski definition) is 4. The Balaban J connectivity index is 2.09. The highest BCUT2D eigenvalue weighted by Gasteiger charge is 2.08. The zero-order chi connectivity index (χ0) is 12.1. The number of alkyl halides is 1. The average molecular weight is 268 g/mol. The third kappa shape index (κ3) is 3.25. The molecule has 0 bridgehead atoms. The second-order valence-electron chi connectivity index (χ2n) is 3.28. The number of rotatable bonds is 4. The Morgan fingerprint density at radius 1 is 1.35 bits per heavy atom. The summed E-state index contributed by atoms with van der Waals surface area (Å²) >= 11 is 6.72. The van der Waals surface area contributed by atoms with Crippen LogP contribution in [0.5, 0.6) is 0 Å². The Kier molecular flexibility index (Phi) is 4.06. The van der Waals surface area contributed by atoms with Gasteiger partial charge in [0.25, 0.3) is 0 Å². The Hall–Kier alpha value is -1.46. The fourth-order valence-corrected chi connectivity index (χ4v) is 2.05. The minimum atomic E-state index is -0.169. The van der Waals surface area contributed by atoms with Gasteiger partial charge in [-0.3, -0.25) is 10.1 Å². The first kappa shape index (κ1) is 12.0. The maximum Gasteiger partial charge on any atom is 0.241 e. The van der Waals surface area contributed by atoms with Crippen LogP contribution in [0.2, 0.25) is 0 Å². The van der Waals surface area contributed by atoms with Gasteiger partial charge in [-0.1, -0.05) is 30.3 Å². The predicted octanol–water partition coefficient (Wildman–Crippen LogP) is 2.77. The van der Waals surface area contributed by atoms with Crippen LogP contribution in [0, 0.1) is 0 Å². The van der Waals surface area contributed by atoms with Gasteiger partial charge in [-0.15, -0.1) is 11.6 Å². The summed E-state index contributed by atoms with van der Waals surface area (Å²) in [5.74, 6) is 0.461. The molecule has 2 aromatic rings. The van der Waals surface area contributed by atoms with Gasteiger partial charge in [0.1, 0.15) is 5.01 Å². The van der Waals surface area contributed by atoms with Crippen LogP contribution in [0.1, 0.15) is 6.42 Å². The summed E-state index contributed by atoms with van der Waals surface area (Å²) < 4.78 is 4.07. The fraction of sp³-hybridized carbons (Fsp3) is 0.182. The molecule has 0 radical (unpaired) electrons. The third-order valence-electron chi connectivity index (χ3n) is 2.02. The number of carbonyl (C=O) groups excluding carboxylic acids is 1. The van der Waals surface area contributed by atoms with Gasteiger partial charge in [0, 0.05) is 17.9 Å². The lowest BCUT2D eigenvalue weighted by molar-refractivity contribution is -0.115. The molecule has 2 rings (SSSR count). The van der Waals surface area contributed by atoms with Gasteiger partial charge in [0.2, 0.25) is 11.9 Å². The van der Waals surface area contributed by atoms with Crippen LogP contribution in [0.4, 0.5) is 5.95 Å².